The van der Waals surface area contributed by atoms with Crippen LogP contribution in [-0.4, -0.2) is 20.9 Å². The van der Waals surface area contributed by atoms with Crippen LogP contribution in [-0.2, 0) is 16.4 Å². The maximum atomic E-state index is 13.0. The molecule has 0 spiro atoms. The van der Waals surface area contributed by atoms with Gasteiger partial charge >= 0.3 is 0 Å². The lowest BCUT2D eigenvalue weighted by Crippen LogP contribution is -2.32. The Kier molecular flexibility index (Phi) is 6.09. The summed E-state index contributed by atoms with van der Waals surface area (Å²) in [5.41, 5.74) is 3.52. The highest BCUT2D eigenvalue weighted by Crippen LogP contribution is 2.30. The predicted molar refractivity (Wildman–Crippen MR) is 123 cm³/mol. The number of aryl methyl sites for hydroxylation is 1. The molecule has 5 nitrogen and oxygen atoms in total. The molecule has 0 bridgehead atoms. The fraction of sp³-hybridized carbons (Fsp3) is 0.240. The number of carbonyl (C=O) groups is 1. The quantitative estimate of drug-likeness (QED) is 0.611. The highest BCUT2D eigenvalue weighted by molar-refractivity contribution is 7.92. The Morgan fingerprint density at radius 3 is 2.35 bits per heavy atom. The van der Waals surface area contributed by atoms with Crippen LogP contribution >= 0.6 is 0 Å². The molecule has 3 aromatic rings. The van der Waals surface area contributed by atoms with Crippen molar-refractivity contribution in [3.05, 3.63) is 95.6 Å². The highest BCUT2D eigenvalue weighted by atomic mass is 32.2. The van der Waals surface area contributed by atoms with Crippen molar-refractivity contribution in [1.82, 2.24) is 5.32 Å². The Labute approximate surface area is 183 Å². The van der Waals surface area contributed by atoms with Crippen molar-refractivity contribution in [1.29, 1.82) is 0 Å². The van der Waals surface area contributed by atoms with Gasteiger partial charge in [-0.25, -0.2) is 8.42 Å². The van der Waals surface area contributed by atoms with Crippen molar-refractivity contribution >= 4 is 21.6 Å². The first kappa shape index (κ1) is 21.1. The zero-order valence-corrected chi connectivity index (χ0v) is 18.3. The second kappa shape index (κ2) is 8.94. The largest absolute Gasteiger partial charge is 0.345 e. The maximum Gasteiger partial charge on any atom is 0.264 e. The summed E-state index contributed by atoms with van der Waals surface area (Å²) >= 11 is 0. The van der Waals surface area contributed by atoms with E-state index < -0.39 is 10.0 Å². The van der Waals surface area contributed by atoms with Gasteiger partial charge in [0.1, 0.15) is 0 Å². The minimum atomic E-state index is -3.66. The van der Waals surface area contributed by atoms with Crippen molar-refractivity contribution in [2.24, 2.45) is 0 Å². The maximum absolute atomic E-state index is 13.0. The number of nitrogens with one attached hydrogen (secondary N) is 1. The molecule has 6 heteroatoms. The molecule has 1 amide bonds. The van der Waals surface area contributed by atoms with Gasteiger partial charge in [0, 0.05) is 12.1 Å². The highest BCUT2D eigenvalue weighted by Gasteiger charge is 2.24. The van der Waals surface area contributed by atoms with Crippen LogP contribution in [0.15, 0.2) is 83.8 Å². The van der Waals surface area contributed by atoms with Gasteiger partial charge < -0.3 is 5.32 Å². The summed E-state index contributed by atoms with van der Waals surface area (Å²) in [5.74, 6) is -0.151. The summed E-state index contributed by atoms with van der Waals surface area (Å²) in [6.45, 7) is 2.09. The van der Waals surface area contributed by atoms with Crippen LogP contribution in [0.3, 0.4) is 0 Å². The molecule has 0 heterocycles. The number of hydrogen-bond acceptors (Lipinski definition) is 3. The summed E-state index contributed by atoms with van der Waals surface area (Å²) in [6, 6.07) is 23.3. The van der Waals surface area contributed by atoms with Gasteiger partial charge in [-0.15, -0.1) is 0 Å². The molecule has 0 aliphatic heterocycles. The predicted octanol–water partition coefficient (Wildman–Crippen LogP) is 4.71. The first-order valence-electron chi connectivity index (χ1n) is 10.6. The third kappa shape index (κ3) is 4.35. The molecular formula is C25H26N2O3S. The van der Waals surface area contributed by atoms with Crippen molar-refractivity contribution in [3.63, 3.8) is 0 Å². The third-order valence-corrected chi connectivity index (χ3v) is 7.63. The van der Waals surface area contributed by atoms with Crippen LogP contribution in [0.1, 0.15) is 47.3 Å². The Balaban J connectivity index is 1.52. The van der Waals surface area contributed by atoms with E-state index in [0.717, 1.165) is 19.3 Å². The molecule has 0 saturated carbocycles. The molecule has 0 fully saturated rings. The van der Waals surface area contributed by atoms with Crippen LogP contribution in [0.25, 0.3) is 0 Å². The van der Waals surface area contributed by atoms with Gasteiger partial charge in [0.05, 0.1) is 16.6 Å². The van der Waals surface area contributed by atoms with Crippen LogP contribution in [0.2, 0.25) is 0 Å². The fourth-order valence-corrected chi connectivity index (χ4v) is 5.63. The average molecular weight is 435 g/mol. The van der Waals surface area contributed by atoms with Gasteiger partial charge in [-0.3, -0.25) is 9.10 Å². The van der Waals surface area contributed by atoms with Gasteiger partial charge in [0.15, 0.2) is 0 Å². The zero-order chi connectivity index (χ0) is 21.8. The van der Waals surface area contributed by atoms with E-state index in [1.165, 1.54) is 15.4 Å². The summed E-state index contributed by atoms with van der Waals surface area (Å²) in [7, 11) is -3.66. The molecule has 0 saturated heterocycles. The monoisotopic (exact) mass is 434 g/mol. The molecule has 1 aliphatic carbocycles. The summed E-state index contributed by atoms with van der Waals surface area (Å²) in [4.78, 5) is 13.1. The lowest BCUT2D eigenvalue weighted by Gasteiger charge is -2.26. The molecule has 0 radical (unpaired) electrons. The van der Waals surface area contributed by atoms with Crippen molar-refractivity contribution in [3.8, 4) is 0 Å². The van der Waals surface area contributed by atoms with Crippen LogP contribution in [0.5, 0.6) is 0 Å². The lowest BCUT2D eigenvalue weighted by atomic mass is 9.87. The molecule has 1 atom stereocenters. The van der Waals surface area contributed by atoms with Crippen LogP contribution in [0.4, 0.5) is 5.69 Å². The Morgan fingerprint density at radius 2 is 1.65 bits per heavy atom. The number of nitrogens with zero attached hydrogens (tertiary/aromatic N) is 1. The normalized spacial score (nSPS) is 15.7. The first-order chi connectivity index (χ1) is 15.0. The molecule has 0 unspecified atom stereocenters. The Morgan fingerprint density at radius 1 is 0.968 bits per heavy atom. The molecule has 4 rings (SSSR count). The summed E-state index contributed by atoms with van der Waals surface area (Å²) in [6.07, 6.45) is 3.00. The fourth-order valence-electron chi connectivity index (χ4n) is 4.14. The van der Waals surface area contributed by atoms with Gasteiger partial charge in [0.2, 0.25) is 0 Å². The number of amides is 1. The Hall–Kier alpha value is -3.12. The number of sulfonamides is 1. The lowest BCUT2D eigenvalue weighted by molar-refractivity contribution is 0.0933. The Bertz CT molecular complexity index is 1160. The van der Waals surface area contributed by atoms with Crippen molar-refractivity contribution in [2.75, 3.05) is 10.8 Å². The van der Waals surface area contributed by atoms with Gasteiger partial charge in [-0.05, 0) is 73.7 Å². The van der Waals surface area contributed by atoms with E-state index in [1.54, 1.807) is 61.5 Å². The third-order valence-electron chi connectivity index (χ3n) is 5.71. The molecule has 31 heavy (non-hydrogen) atoms. The average Bonchev–Trinajstić information content (AvgIpc) is 2.80. The van der Waals surface area contributed by atoms with Crippen LogP contribution < -0.4 is 9.62 Å². The summed E-state index contributed by atoms with van der Waals surface area (Å²) < 4.78 is 27.4. The second-order valence-corrected chi connectivity index (χ2v) is 9.51. The van der Waals surface area contributed by atoms with Gasteiger partial charge in [0.25, 0.3) is 15.9 Å². The number of hydrogen-bond donors (Lipinski definition) is 1. The molecule has 1 N–H and O–H groups in total. The number of rotatable bonds is 6. The van der Waals surface area contributed by atoms with E-state index >= 15 is 0 Å². The molecule has 160 valence electrons. The molecule has 0 aromatic heterocycles. The van der Waals surface area contributed by atoms with Crippen LogP contribution in [0, 0.1) is 0 Å². The SMILES string of the molecule is CCN(c1ccc(C(=O)N[C@@H]2CCCc3ccccc32)cc1)S(=O)(=O)c1ccccc1. The number of anilines is 1. The van der Waals surface area contributed by atoms with E-state index in [-0.39, 0.29) is 16.8 Å². The van der Waals surface area contributed by atoms with Gasteiger partial charge in [-0.2, -0.15) is 0 Å². The second-order valence-electron chi connectivity index (χ2n) is 7.65. The van der Waals surface area contributed by atoms with E-state index in [9.17, 15) is 13.2 Å². The first-order valence-corrected chi connectivity index (χ1v) is 12.0. The van der Waals surface area contributed by atoms with E-state index in [0.29, 0.717) is 17.8 Å². The van der Waals surface area contributed by atoms with Crippen molar-refractivity contribution < 1.29 is 13.2 Å². The minimum absolute atomic E-state index is 0.00252. The molecule has 3 aromatic carbocycles. The number of benzene rings is 3. The van der Waals surface area contributed by atoms with E-state index in [4.69, 9.17) is 0 Å². The minimum Gasteiger partial charge on any atom is -0.345 e. The van der Waals surface area contributed by atoms with E-state index in [1.807, 2.05) is 12.1 Å². The topological polar surface area (TPSA) is 66.5 Å². The van der Waals surface area contributed by atoms with E-state index in [2.05, 4.69) is 17.4 Å². The number of fused-ring (bicyclic) bond motifs is 1. The molecular weight excluding hydrogens is 408 g/mol. The van der Waals surface area contributed by atoms with Crippen molar-refractivity contribution in [2.45, 2.75) is 37.1 Å². The summed E-state index contributed by atoms with van der Waals surface area (Å²) in [5, 5.41) is 3.14. The standard InChI is InChI=1S/C25H26N2O3S/c1-2-27(31(29,30)22-11-4-3-5-12-22)21-17-15-20(16-18-21)25(28)26-24-14-8-10-19-9-6-7-13-23(19)24/h3-7,9,11-13,15-18,24H,2,8,10,14H2,1H3,(H,26,28)/t24-/m1/s1. The van der Waals surface area contributed by atoms with Gasteiger partial charge in [-0.1, -0.05) is 42.5 Å². The molecule has 1 aliphatic rings. The zero-order valence-electron chi connectivity index (χ0n) is 17.5. The smallest absolute Gasteiger partial charge is 0.264 e. The number of carbonyl (C=O) groups excluding carboxylic acids is 1.